The van der Waals surface area contributed by atoms with E-state index in [-0.39, 0.29) is 0 Å². The van der Waals surface area contributed by atoms with Gasteiger partial charge in [0.25, 0.3) is 0 Å². The van der Waals surface area contributed by atoms with Crippen LogP contribution in [0.4, 0.5) is 0 Å². The van der Waals surface area contributed by atoms with E-state index in [4.69, 9.17) is 0 Å². The number of rotatable bonds is 2. The van der Waals surface area contributed by atoms with Crippen molar-refractivity contribution in [1.82, 2.24) is 0 Å². The second kappa shape index (κ2) is 3.95. The fourth-order valence-corrected chi connectivity index (χ4v) is 1.22. The number of hydrogen-bond donors (Lipinski definition) is 0. The fraction of sp³-hybridized carbons (Fsp3) is 0.400. The molecule has 1 unspecified atom stereocenters. The van der Waals surface area contributed by atoms with E-state index >= 15 is 0 Å². The van der Waals surface area contributed by atoms with Gasteiger partial charge in [0.1, 0.15) is 5.94 Å². The Kier molecular flexibility index (Phi) is 2.88. The molecule has 58 valence electrons. The van der Waals surface area contributed by atoms with Crippen LogP contribution in [0.1, 0.15) is 19.8 Å². The van der Waals surface area contributed by atoms with E-state index < -0.39 is 0 Å². The largest absolute Gasteiger partial charge is 0.234 e. The van der Waals surface area contributed by atoms with Gasteiger partial charge in [0, 0.05) is 5.57 Å². The summed E-state index contributed by atoms with van der Waals surface area (Å²) in [4.78, 5) is 10.2. The minimum Gasteiger partial charge on any atom is -0.234 e. The quantitative estimate of drug-likeness (QED) is 0.549. The molecule has 0 bridgehead atoms. The maximum absolute atomic E-state index is 10.2. The van der Waals surface area contributed by atoms with Crippen LogP contribution in [-0.2, 0) is 4.79 Å². The van der Waals surface area contributed by atoms with Crippen LogP contribution in [0.3, 0.4) is 0 Å². The van der Waals surface area contributed by atoms with Crippen molar-refractivity contribution in [3.8, 4) is 0 Å². The van der Waals surface area contributed by atoms with Crippen molar-refractivity contribution in [2.24, 2.45) is 5.92 Å². The molecule has 11 heavy (non-hydrogen) atoms. The summed E-state index contributed by atoms with van der Waals surface area (Å²) in [6, 6.07) is 0. The van der Waals surface area contributed by atoms with Gasteiger partial charge in [-0.3, -0.25) is 0 Å². The van der Waals surface area contributed by atoms with Crippen molar-refractivity contribution in [2.45, 2.75) is 19.8 Å². The molecule has 1 aliphatic rings. The van der Waals surface area contributed by atoms with Gasteiger partial charge >= 0.3 is 0 Å². The van der Waals surface area contributed by atoms with Crippen LogP contribution < -0.4 is 0 Å². The predicted molar refractivity (Wildman–Crippen MR) is 45.9 cm³/mol. The van der Waals surface area contributed by atoms with E-state index in [9.17, 15) is 4.79 Å². The second-order valence-corrected chi connectivity index (χ2v) is 2.90. The topological polar surface area (TPSA) is 17.1 Å². The number of hydrogen-bond acceptors (Lipinski definition) is 1. The van der Waals surface area contributed by atoms with E-state index in [0.717, 1.165) is 18.4 Å². The predicted octanol–water partition coefficient (Wildman–Crippen LogP) is 2.29. The molecule has 0 heterocycles. The molecule has 0 aliphatic heterocycles. The molecule has 0 N–H and O–H groups in total. The highest BCUT2D eigenvalue weighted by atomic mass is 16.1. The lowest BCUT2D eigenvalue weighted by atomic mass is 9.94. The van der Waals surface area contributed by atoms with Crippen molar-refractivity contribution in [3.05, 3.63) is 29.9 Å². The smallest absolute Gasteiger partial charge is 0.123 e. The highest BCUT2D eigenvalue weighted by Crippen LogP contribution is 2.18. The number of allylic oxidation sites excluding steroid dienone is 5. The summed E-state index contributed by atoms with van der Waals surface area (Å²) in [5.74, 6) is 2.44. The molecule has 0 spiro atoms. The van der Waals surface area contributed by atoms with Gasteiger partial charge in [0.05, 0.1) is 0 Å². The van der Waals surface area contributed by atoms with Crippen LogP contribution >= 0.6 is 0 Å². The summed E-state index contributed by atoms with van der Waals surface area (Å²) in [6.07, 6.45) is 10.2. The van der Waals surface area contributed by atoms with E-state index in [1.54, 1.807) is 0 Å². The van der Waals surface area contributed by atoms with Crippen molar-refractivity contribution >= 4 is 5.94 Å². The zero-order valence-corrected chi connectivity index (χ0v) is 6.71. The second-order valence-electron chi connectivity index (χ2n) is 2.90. The minimum absolute atomic E-state index is 0.515. The van der Waals surface area contributed by atoms with Crippen LogP contribution in [0.15, 0.2) is 29.9 Å². The molecule has 0 saturated carbocycles. The van der Waals surface area contributed by atoms with Gasteiger partial charge < -0.3 is 0 Å². The Morgan fingerprint density at radius 1 is 1.64 bits per heavy atom. The molecule has 0 aromatic heterocycles. The van der Waals surface area contributed by atoms with Crippen molar-refractivity contribution in [3.63, 3.8) is 0 Å². The molecule has 0 saturated heterocycles. The zero-order valence-electron chi connectivity index (χ0n) is 6.71. The summed E-state index contributed by atoms with van der Waals surface area (Å²) in [5, 5.41) is 0. The first-order valence-corrected chi connectivity index (χ1v) is 3.87. The van der Waals surface area contributed by atoms with Crippen LogP contribution in [0.5, 0.6) is 0 Å². The third-order valence-electron chi connectivity index (χ3n) is 1.81. The third-order valence-corrected chi connectivity index (χ3v) is 1.81. The van der Waals surface area contributed by atoms with Crippen molar-refractivity contribution in [2.75, 3.05) is 0 Å². The van der Waals surface area contributed by atoms with E-state index in [2.05, 4.69) is 12.2 Å². The average molecular weight is 148 g/mol. The van der Waals surface area contributed by atoms with Gasteiger partial charge in [0.2, 0.25) is 0 Å². The zero-order chi connectivity index (χ0) is 8.10. The SMILES string of the molecule is CC(=C=O)CC1C=CC=CC1. The van der Waals surface area contributed by atoms with Gasteiger partial charge in [-0.15, -0.1) is 0 Å². The van der Waals surface area contributed by atoms with Gasteiger partial charge in [0.15, 0.2) is 0 Å². The van der Waals surface area contributed by atoms with Gasteiger partial charge in [-0.2, -0.15) is 0 Å². The Morgan fingerprint density at radius 3 is 3.00 bits per heavy atom. The highest BCUT2D eigenvalue weighted by molar-refractivity contribution is 5.51. The number of carbonyl (C=O) groups excluding carboxylic acids is 1. The Morgan fingerprint density at radius 2 is 2.45 bits per heavy atom. The molecule has 0 amide bonds. The van der Waals surface area contributed by atoms with Crippen LogP contribution in [0, 0.1) is 5.92 Å². The lowest BCUT2D eigenvalue weighted by molar-refractivity contribution is 0.562. The van der Waals surface area contributed by atoms with Crippen molar-refractivity contribution < 1.29 is 4.79 Å². The molecule has 0 radical (unpaired) electrons. The first-order chi connectivity index (χ1) is 5.33. The lowest BCUT2D eigenvalue weighted by Gasteiger charge is -2.10. The Bertz CT molecular complexity index is 229. The minimum atomic E-state index is 0.515. The van der Waals surface area contributed by atoms with Crippen molar-refractivity contribution in [1.29, 1.82) is 0 Å². The van der Waals surface area contributed by atoms with Gasteiger partial charge in [-0.05, 0) is 25.7 Å². The van der Waals surface area contributed by atoms with E-state index in [1.165, 1.54) is 0 Å². The third kappa shape index (κ3) is 2.57. The standard InChI is InChI=1S/C10H12O/c1-9(8-11)7-10-5-3-2-4-6-10/h2-5,10H,6-7H2,1H3. The molecule has 1 nitrogen and oxygen atoms in total. The first-order valence-electron chi connectivity index (χ1n) is 3.87. The maximum atomic E-state index is 10.2. The molecule has 0 aromatic rings. The first kappa shape index (κ1) is 8.03. The molecule has 1 aliphatic carbocycles. The Labute approximate surface area is 67.1 Å². The average Bonchev–Trinajstić information content (AvgIpc) is 2.06. The Hall–Kier alpha value is -1.07. The molecule has 1 heteroatoms. The molecular weight excluding hydrogens is 136 g/mol. The molecule has 0 aromatic carbocycles. The van der Waals surface area contributed by atoms with Crippen LogP contribution in [0.25, 0.3) is 0 Å². The molecule has 1 atom stereocenters. The van der Waals surface area contributed by atoms with Gasteiger partial charge in [-0.25, -0.2) is 4.79 Å². The highest BCUT2D eigenvalue weighted by Gasteiger charge is 2.05. The molecular formula is C10H12O. The molecule has 1 rings (SSSR count). The fourth-order valence-electron chi connectivity index (χ4n) is 1.22. The van der Waals surface area contributed by atoms with E-state index in [0.29, 0.717) is 5.92 Å². The normalized spacial score (nSPS) is 21.4. The van der Waals surface area contributed by atoms with Crippen LogP contribution in [-0.4, -0.2) is 5.94 Å². The van der Waals surface area contributed by atoms with Gasteiger partial charge in [-0.1, -0.05) is 24.3 Å². The molecule has 0 fully saturated rings. The van der Waals surface area contributed by atoms with E-state index in [1.807, 2.05) is 25.0 Å². The summed E-state index contributed by atoms with van der Waals surface area (Å²) >= 11 is 0. The summed E-state index contributed by atoms with van der Waals surface area (Å²) in [6.45, 7) is 1.83. The monoisotopic (exact) mass is 148 g/mol. The summed E-state index contributed by atoms with van der Waals surface area (Å²) in [7, 11) is 0. The maximum Gasteiger partial charge on any atom is 0.123 e. The summed E-state index contributed by atoms with van der Waals surface area (Å²) < 4.78 is 0. The Balaban J connectivity index is 2.45. The lowest BCUT2D eigenvalue weighted by Crippen LogP contribution is -1.98. The summed E-state index contributed by atoms with van der Waals surface area (Å²) in [5.41, 5.74) is 0.815. The van der Waals surface area contributed by atoms with Crippen LogP contribution in [0.2, 0.25) is 0 Å².